The van der Waals surface area contributed by atoms with Crippen LogP contribution in [0.15, 0.2) is 47.7 Å². The fraction of sp³-hybridized carbons (Fsp3) is 0.414. The van der Waals surface area contributed by atoms with Crippen molar-refractivity contribution in [2.75, 3.05) is 13.7 Å². The standard InChI is InChI=1S/C29H33BN2O6/c1-16-10-18(11-17(2)27(16)34)12-19(23-6-4-5-9-31-23)7-8-24-25-20(15-33)13-21-26(22(25)14-30(37)38-24)29(36)32(3)28(21)35/h4-6,9-12,21-22,24,26,33-34,37H,7-8,13-15H2,1-3H3/b19-12-/t21-,22+,24-,26-/m1/s1. The van der Waals surface area contributed by atoms with Gasteiger partial charge in [0.15, 0.2) is 0 Å². The Morgan fingerprint density at radius 3 is 2.58 bits per heavy atom. The number of aromatic hydroxyl groups is 1. The molecule has 2 saturated heterocycles. The van der Waals surface area contributed by atoms with Crippen LogP contribution in [0.25, 0.3) is 11.6 Å². The number of carbonyl (C=O) groups is 2. The van der Waals surface area contributed by atoms with Crippen molar-refractivity contribution in [1.29, 1.82) is 0 Å². The van der Waals surface area contributed by atoms with Gasteiger partial charge in [-0.2, -0.15) is 0 Å². The number of phenols is 1. The number of imide groups is 1. The van der Waals surface area contributed by atoms with E-state index in [2.05, 4.69) is 4.98 Å². The van der Waals surface area contributed by atoms with Gasteiger partial charge in [0, 0.05) is 13.2 Å². The zero-order chi connectivity index (χ0) is 27.1. The number of allylic oxidation sites excluding steroid dienone is 1. The van der Waals surface area contributed by atoms with Crippen LogP contribution in [0, 0.1) is 31.6 Å². The van der Waals surface area contributed by atoms with Gasteiger partial charge in [0.25, 0.3) is 0 Å². The molecule has 38 heavy (non-hydrogen) atoms. The van der Waals surface area contributed by atoms with Gasteiger partial charge in [-0.05, 0) is 109 Å². The average molecular weight is 516 g/mol. The zero-order valence-corrected chi connectivity index (χ0v) is 21.9. The van der Waals surface area contributed by atoms with E-state index in [1.54, 1.807) is 6.20 Å². The molecule has 2 amide bonds. The second-order valence-corrected chi connectivity index (χ2v) is 10.6. The normalized spacial score (nSPS) is 25.7. The van der Waals surface area contributed by atoms with Gasteiger partial charge in [0.05, 0.1) is 30.2 Å². The van der Waals surface area contributed by atoms with E-state index in [1.165, 1.54) is 11.9 Å². The number of aliphatic hydroxyl groups is 1. The number of rotatable bonds is 6. The van der Waals surface area contributed by atoms with Crippen molar-refractivity contribution in [1.82, 2.24) is 9.88 Å². The van der Waals surface area contributed by atoms with Gasteiger partial charge >= 0.3 is 7.12 Å². The number of hydrogen-bond acceptors (Lipinski definition) is 7. The minimum Gasteiger partial charge on any atom is -0.507 e. The van der Waals surface area contributed by atoms with Crippen LogP contribution in [0.2, 0.25) is 6.32 Å². The predicted octanol–water partition coefficient (Wildman–Crippen LogP) is 3.14. The summed E-state index contributed by atoms with van der Waals surface area (Å²) in [5, 5.41) is 31.1. The first-order valence-corrected chi connectivity index (χ1v) is 13.1. The number of fused-ring (bicyclic) bond motifs is 3. The van der Waals surface area contributed by atoms with Crippen molar-refractivity contribution < 1.29 is 29.5 Å². The number of likely N-dealkylation sites (tertiary alicyclic amines) is 1. The lowest BCUT2D eigenvalue weighted by Crippen LogP contribution is -2.46. The van der Waals surface area contributed by atoms with E-state index in [9.17, 15) is 24.8 Å². The van der Waals surface area contributed by atoms with Crippen LogP contribution in [-0.4, -0.2) is 63.8 Å². The highest BCUT2D eigenvalue weighted by molar-refractivity contribution is 6.43. The molecule has 5 rings (SSSR count). The van der Waals surface area contributed by atoms with Crippen LogP contribution in [0.3, 0.4) is 0 Å². The molecule has 0 saturated carbocycles. The Morgan fingerprint density at radius 2 is 1.92 bits per heavy atom. The highest BCUT2D eigenvalue weighted by Crippen LogP contribution is 2.50. The van der Waals surface area contributed by atoms with Crippen LogP contribution < -0.4 is 0 Å². The number of amides is 2. The van der Waals surface area contributed by atoms with E-state index in [0.717, 1.165) is 39.1 Å². The van der Waals surface area contributed by atoms with Gasteiger partial charge in [0.2, 0.25) is 11.8 Å². The highest BCUT2D eigenvalue weighted by atomic mass is 16.5. The van der Waals surface area contributed by atoms with E-state index in [1.807, 2.05) is 50.3 Å². The Bertz CT molecular complexity index is 1300. The van der Waals surface area contributed by atoms with Crippen LogP contribution in [0.1, 0.15) is 41.6 Å². The van der Waals surface area contributed by atoms with E-state index < -0.39 is 25.1 Å². The van der Waals surface area contributed by atoms with E-state index in [-0.39, 0.29) is 36.4 Å². The molecular formula is C29H33BN2O6. The fourth-order valence-corrected chi connectivity index (χ4v) is 6.45. The van der Waals surface area contributed by atoms with E-state index >= 15 is 0 Å². The summed E-state index contributed by atoms with van der Waals surface area (Å²) in [6.45, 7) is 3.51. The zero-order valence-electron chi connectivity index (χ0n) is 21.9. The van der Waals surface area contributed by atoms with E-state index in [0.29, 0.717) is 19.3 Å². The van der Waals surface area contributed by atoms with Gasteiger partial charge in [0.1, 0.15) is 5.75 Å². The monoisotopic (exact) mass is 516 g/mol. The number of aliphatic hydroxyl groups excluding tert-OH is 1. The quantitative estimate of drug-likeness (QED) is 0.307. The molecule has 0 radical (unpaired) electrons. The minimum absolute atomic E-state index is 0.217. The molecular weight excluding hydrogens is 483 g/mol. The van der Waals surface area contributed by atoms with Gasteiger partial charge in [-0.15, -0.1) is 0 Å². The third kappa shape index (κ3) is 4.70. The third-order valence-corrected chi connectivity index (χ3v) is 8.24. The first-order valence-electron chi connectivity index (χ1n) is 13.1. The molecule has 1 aromatic heterocycles. The summed E-state index contributed by atoms with van der Waals surface area (Å²) in [5.74, 6) is -1.55. The Kier molecular flexibility index (Phi) is 7.27. The van der Waals surface area contributed by atoms with Crippen molar-refractivity contribution in [2.45, 2.75) is 45.5 Å². The summed E-state index contributed by atoms with van der Waals surface area (Å²) in [4.78, 5) is 31.5. The lowest BCUT2D eigenvalue weighted by molar-refractivity contribution is -0.138. The largest absolute Gasteiger partial charge is 0.507 e. The SMILES string of the molecule is Cc1cc(/C=C(/CC[C@H]2OB(O)C[C@H]3C2=C(CO)C[C@H]2C(=O)N(C)C(=O)[C@H]23)c2ccccn2)cc(C)c1O. The van der Waals surface area contributed by atoms with Gasteiger partial charge < -0.3 is 19.9 Å². The Labute approximate surface area is 222 Å². The maximum atomic E-state index is 13.0. The number of benzene rings is 1. The molecule has 9 heteroatoms. The third-order valence-electron chi connectivity index (χ3n) is 8.24. The van der Waals surface area contributed by atoms with Crippen molar-refractivity contribution in [2.24, 2.45) is 17.8 Å². The molecule has 3 N–H and O–H groups in total. The van der Waals surface area contributed by atoms with Crippen LogP contribution in [-0.2, 0) is 14.2 Å². The lowest BCUT2D eigenvalue weighted by Gasteiger charge is -2.43. The second-order valence-electron chi connectivity index (χ2n) is 10.6. The maximum Gasteiger partial charge on any atom is 0.455 e. The topological polar surface area (TPSA) is 120 Å². The molecule has 0 spiro atoms. The number of aryl methyl sites for hydroxylation is 2. The van der Waals surface area contributed by atoms with Gasteiger partial charge in [-0.25, -0.2) is 0 Å². The van der Waals surface area contributed by atoms with Gasteiger partial charge in [-0.1, -0.05) is 6.07 Å². The van der Waals surface area contributed by atoms with Crippen molar-refractivity contribution in [3.63, 3.8) is 0 Å². The van der Waals surface area contributed by atoms with Crippen molar-refractivity contribution >= 4 is 30.6 Å². The minimum atomic E-state index is -1.06. The fourth-order valence-electron chi connectivity index (χ4n) is 6.45. The van der Waals surface area contributed by atoms with Crippen LogP contribution in [0.4, 0.5) is 0 Å². The smallest absolute Gasteiger partial charge is 0.455 e. The Morgan fingerprint density at radius 1 is 1.18 bits per heavy atom. The van der Waals surface area contributed by atoms with Crippen molar-refractivity contribution in [3.05, 3.63) is 70.1 Å². The first kappa shape index (κ1) is 26.3. The summed E-state index contributed by atoms with van der Waals surface area (Å²) in [5.41, 5.74) is 5.87. The number of pyridine rings is 1. The predicted molar refractivity (Wildman–Crippen MR) is 144 cm³/mol. The molecule has 3 heterocycles. The molecule has 1 aliphatic carbocycles. The molecule has 2 aliphatic heterocycles. The first-order chi connectivity index (χ1) is 18.2. The molecule has 1 aromatic carbocycles. The maximum absolute atomic E-state index is 13.0. The summed E-state index contributed by atoms with van der Waals surface area (Å²) < 4.78 is 6.01. The Balaban J connectivity index is 1.48. The van der Waals surface area contributed by atoms with E-state index in [4.69, 9.17) is 4.65 Å². The lowest BCUT2D eigenvalue weighted by atomic mass is 9.58. The number of carbonyl (C=O) groups excluding carboxylic acids is 2. The molecule has 3 aliphatic rings. The van der Waals surface area contributed by atoms with Crippen molar-refractivity contribution in [3.8, 4) is 5.75 Å². The molecule has 198 valence electrons. The number of nitrogens with zero attached hydrogens (tertiary/aromatic N) is 2. The van der Waals surface area contributed by atoms with Crippen LogP contribution >= 0.6 is 0 Å². The summed E-state index contributed by atoms with van der Waals surface area (Å²) in [6.07, 6.45) is 4.89. The number of aromatic nitrogens is 1. The molecule has 0 unspecified atom stereocenters. The molecule has 8 nitrogen and oxygen atoms in total. The van der Waals surface area contributed by atoms with Gasteiger partial charge in [-0.3, -0.25) is 19.5 Å². The Hall–Kier alpha value is -3.27. The van der Waals surface area contributed by atoms with Crippen LogP contribution in [0.5, 0.6) is 5.75 Å². The summed E-state index contributed by atoms with van der Waals surface area (Å²) >= 11 is 0. The average Bonchev–Trinajstić information content (AvgIpc) is 3.12. The highest BCUT2D eigenvalue weighted by Gasteiger charge is 2.56. The molecule has 4 atom stereocenters. The molecule has 0 bridgehead atoms. The summed E-state index contributed by atoms with van der Waals surface area (Å²) in [7, 11) is 0.441. The summed E-state index contributed by atoms with van der Waals surface area (Å²) in [6, 6.07) is 9.57. The number of phenolic OH excluding ortho intramolecular Hbond substituents is 1. The molecule has 2 aromatic rings. The molecule has 2 fully saturated rings. The number of hydrogen-bond donors (Lipinski definition) is 3. The second kappa shape index (κ2) is 10.5.